The Morgan fingerprint density at radius 2 is 1.91 bits per heavy atom. The zero-order valence-electron chi connectivity index (χ0n) is 12.7. The lowest BCUT2D eigenvalue weighted by Crippen LogP contribution is -2.09. The minimum Gasteiger partial charge on any atom is -0.504 e. The average molecular weight is 314 g/mol. The molecule has 2 N–H and O–H groups in total. The van der Waals surface area contributed by atoms with Gasteiger partial charge >= 0.3 is 0 Å². The Kier molecular flexibility index (Phi) is 5.77. The highest BCUT2D eigenvalue weighted by molar-refractivity contribution is 5.73. The molecule has 1 unspecified atom stereocenters. The van der Waals surface area contributed by atoms with Crippen molar-refractivity contribution in [1.29, 1.82) is 0 Å². The summed E-state index contributed by atoms with van der Waals surface area (Å²) in [6.45, 7) is 0.0669. The molecule has 5 nitrogen and oxygen atoms in total. The van der Waals surface area contributed by atoms with E-state index in [1.165, 1.54) is 19.3 Å². The second-order valence-corrected chi connectivity index (χ2v) is 4.82. The third-order valence-electron chi connectivity index (χ3n) is 3.24. The Bertz CT molecular complexity index is 676. The lowest BCUT2D eigenvalue weighted by atomic mass is 10.1. The largest absolute Gasteiger partial charge is 0.504 e. The molecule has 0 aliphatic rings. The number of hydrogen-bond acceptors (Lipinski definition) is 5. The van der Waals surface area contributed by atoms with Crippen LogP contribution in [0.25, 0.3) is 6.08 Å². The fourth-order valence-electron chi connectivity index (χ4n) is 2.00. The van der Waals surface area contributed by atoms with Gasteiger partial charge < -0.3 is 19.7 Å². The predicted octanol–water partition coefficient (Wildman–Crippen LogP) is 2.73. The van der Waals surface area contributed by atoms with Crippen LogP contribution in [0, 0.1) is 0 Å². The standard InChI is InChI=1S/C18H18O5/c1-22-18-11-14(6-9-16(18)20)17(21)12-23-15-7-4-13(5-8-15)3-2-10-19/h2-11,17,20-21H,12H2,1H3/b3-2+. The first-order valence-electron chi connectivity index (χ1n) is 7.03. The third-order valence-corrected chi connectivity index (χ3v) is 3.24. The van der Waals surface area contributed by atoms with E-state index in [-0.39, 0.29) is 12.4 Å². The summed E-state index contributed by atoms with van der Waals surface area (Å²) in [7, 11) is 1.45. The second kappa shape index (κ2) is 8.00. The van der Waals surface area contributed by atoms with E-state index in [9.17, 15) is 15.0 Å². The summed E-state index contributed by atoms with van der Waals surface area (Å²) in [6, 6.07) is 11.8. The van der Waals surface area contributed by atoms with Crippen molar-refractivity contribution < 1.29 is 24.5 Å². The number of methoxy groups -OCH3 is 1. The zero-order valence-corrected chi connectivity index (χ0v) is 12.7. The van der Waals surface area contributed by atoms with Crippen LogP contribution in [-0.4, -0.2) is 30.2 Å². The number of phenols is 1. The normalized spacial score (nSPS) is 12.1. The Balaban J connectivity index is 1.97. The van der Waals surface area contributed by atoms with Crippen LogP contribution in [0.5, 0.6) is 17.2 Å². The molecule has 23 heavy (non-hydrogen) atoms. The first-order valence-corrected chi connectivity index (χ1v) is 7.03. The van der Waals surface area contributed by atoms with Crippen molar-refractivity contribution in [3.63, 3.8) is 0 Å². The molecule has 0 aliphatic carbocycles. The maximum absolute atomic E-state index is 10.3. The van der Waals surface area contributed by atoms with Gasteiger partial charge in [0.15, 0.2) is 11.5 Å². The molecule has 0 heterocycles. The van der Waals surface area contributed by atoms with E-state index in [1.54, 1.807) is 30.3 Å². The van der Waals surface area contributed by atoms with Crippen molar-refractivity contribution in [2.45, 2.75) is 6.10 Å². The molecule has 1 atom stereocenters. The van der Waals surface area contributed by atoms with Crippen LogP contribution in [-0.2, 0) is 4.79 Å². The van der Waals surface area contributed by atoms with E-state index in [0.29, 0.717) is 23.3 Å². The summed E-state index contributed by atoms with van der Waals surface area (Å²) < 4.78 is 10.5. The second-order valence-electron chi connectivity index (χ2n) is 4.82. The zero-order chi connectivity index (χ0) is 16.7. The number of carbonyl (C=O) groups is 1. The monoisotopic (exact) mass is 314 g/mol. The van der Waals surface area contributed by atoms with Gasteiger partial charge in [0, 0.05) is 0 Å². The van der Waals surface area contributed by atoms with Crippen molar-refractivity contribution in [2.75, 3.05) is 13.7 Å². The topological polar surface area (TPSA) is 76.0 Å². The summed E-state index contributed by atoms with van der Waals surface area (Å²) in [4.78, 5) is 10.3. The Morgan fingerprint density at radius 1 is 1.17 bits per heavy atom. The predicted molar refractivity (Wildman–Crippen MR) is 86.7 cm³/mol. The smallest absolute Gasteiger partial charge is 0.160 e. The van der Waals surface area contributed by atoms with Crippen LogP contribution in [0.1, 0.15) is 17.2 Å². The quantitative estimate of drug-likeness (QED) is 0.607. The van der Waals surface area contributed by atoms with E-state index in [2.05, 4.69) is 0 Å². The van der Waals surface area contributed by atoms with Gasteiger partial charge in [0.2, 0.25) is 0 Å². The summed E-state index contributed by atoms with van der Waals surface area (Å²) in [5.41, 5.74) is 1.47. The van der Waals surface area contributed by atoms with E-state index in [4.69, 9.17) is 9.47 Å². The summed E-state index contributed by atoms with van der Waals surface area (Å²) in [5.74, 6) is 0.925. The number of aliphatic hydroxyl groups is 1. The highest BCUT2D eigenvalue weighted by atomic mass is 16.5. The molecule has 0 bridgehead atoms. The number of aldehydes is 1. The van der Waals surface area contributed by atoms with Crippen molar-refractivity contribution in [1.82, 2.24) is 0 Å². The molecule has 5 heteroatoms. The average Bonchev–Trinajstić information content (AvgIpc) is 2.59. The lowest BCUT2D eigenvalue weighted by molar-refractivity contribution is -0.104. The molecule has 0 saturated heterocycles. The van der Waals surface area contributed by atoms with Gasteiger partial charge in [-0.15, -0.1) is 0 Å². The minimum absolute atomic E-state index is 0.0170. The number of benzene rings is 2. The van der Waals surface area contributed by atoms with Crippen LogP contribution in [0.3, 0.4) is 0 Å². The molecule has 2 aromatic carbocycles. The Labute approximate surface area is 134 Å². The van der Waals surface area contributed by atoms with Gasteiger partial charge in [0.25, 0.3) is 0 Å². The number of allylic oxidation sites excluding steroid dienone is 1. The molecule has 0 aromatic heterocycles. The molecule has 0 amide bonds. The highest BCUT2D eigenvalue weighted by Crippen LogP contribution is 2.29. The molecule has 0 fully saturated rings. The number of aromatic hydroxyl groups is 1. The van der Waals surface area contributed by atoms with E-state index in [0.717, 1.165) is 5.56 Å². The molecule has 0 saturated carbocycles. The van der Waals surface area contributed by atoms with Gasteiger partial charge in [0.05, 0.1) is 7.11 Å². The van der Waals surface area contributed by atoms with Crippen molar-refractivity contribution >= 4 is 12.4 Å². The van der Waals surface area contributed by atoms with Crippen LogP contribution in [0.15, 0.2) is 48.5 Å². The summed E-state index contributed by atoms with van der Waals surface area (Å²) in [6.07, 6.45) is 2.97. The SMILES string of the molecule is COc1cc(C(O)COc2ccc(/C=C/C=O)cc2)ccc1O. The Morgan fingerprint density at radius 3 is 2.57 bits per heavy atom. The van der Waals surface area contributed by atoms with Crippen molar-refractivity contribution in [3.05, 3.63) is 59.7 Å². The first kappa shape index (κ1) is 16.6. The van der Waals surface area contributed by atoms with Crippen LogP contribution in [0.4, 0.5) is 0 Å². The van der Waals surface area contributed by atoms with Crippen molar-refractivity contribution in [3.8, 4) is 17.2 Å². The molecule has 120 valence electrons. The first-order chi connectivity index (χ1) is 11.1. The molecule has 0 aliphatic heterocycles. The van der Waals surface area contributed by atoms with Crippen molar-refractivity contribution in [2.24, 2.45) is 0 Å². The van der Waals surface area contributed by atoms with Crippen LogP contribution in [0.2, 0.25) is 0 Å². The van der Waals surface area contributed by atoms with Crippen LogP contribution >= 0.6 is 0 Å². The van der Waals surface area contributed by atoms with Crippen LogP contribution < -0.4 is 9.47 Å². The summed E-state index contributed by atoms with van der Waals surface area (Å²) >= 11 is 0. The Hall–Kier alpha value is -2.79. The highest BCUT2D eigenvalue weighted by Gasteiger charge is 2.11. The van der Waals surface area contributed by atoms with Gasteiger partial charge in [-0.3, -0.25) is 4.79 Å². The van der Waals surface area contributed by atoms with E-state index >= 15 is 0 Å². The van der Waals surface area contributed by atoms with Gasteiger partial charge in [0.1, 0.15) is 24.7 Å². The number of aliphatic hydroxyl groups excluding tert-OH is 1. The molecule has 2 rings (SSSR count). The maximum Gasteiger partial charge on any atom is 0.160 e. The maximum atomic E-state index is 10.3. The number of hydrogen-bond donors (Lipinski definition) is 2. The fourth-order valence-corrected chi connectivity index (χ4v) is 2.00. The number of rotatable bonds is 7. The molecule has 2 aromatic rings. The van der Waals surface area contributed by atoms with Gasteiger partial charge in [-0.25, -0.2) is 0 Å². The van der Waals surface area contributed by atoms with E-state index < -0.39 is 6.10 Å². The van der Waals surface area contributed by atoms with Gasteiger partial charge in [-0.1, -0.05) is 24.3 Å². The van der Waals surface area contributed by atoms with Gasteiger partial charge in [-0.2, -0.15) is 0 Å². The number of carbonyl (C=O) groups excluding carboxylic acids is 1. The molecular weight excluding hydrogens is 296 g/mol. The third kappa shape index (κ3) is 4.59. The molecule has 0 radical (unpaired) electrons. The molecule has 0 spiro atoms. The molecular formula is C18H18O5. The minimum atomic E-state index is -0.848. The lowest BCUT2D eigenvalue weighted by Gasteiger charge is -2.14. The van der Waals surface area contributed by atoms with E-state index in [1.807, 2.05) is 12.1 Å². The number of ether oxygens (including phenoxy) is 2. The fraction of sp³-hybridized carbons (Fsp3) is 0.167. The van der Waals surface area contributed by atoms with Gasteiger partial charge in [-0.05, 0) is 41.5 Å². The summed E-state index contributed by atoms with van der Waals surface area (Å²) in [5, 5.41) is 19.7. The number of phenolic OH excluding ortho intramolecular Hbond substituents is 1.